The molecule has 1 saturated heterocycles. The Kier molecular flexibility index (Phi) is 3.88. The molecular formula is C10H15N5O3. The van der Waals surface area contributed by atoms with Gasteiger partial charge in [-0.25, -0.2) is 4.98 Å². The van der Waals surface area contributed by atoms with E-state index in [9.17, 15) is 10.1 Å². The zero-order valence-electron chi connectivity index (χ0n) is 10.0. The Morgan fingerprint density at radius 3 is 3.11 bits per heavy atom. The van der Waals surface area contributed by atoms with Crippen LogP contribution in [0.25, 0.3) is 0 Å². The van der Waals surface area contributed by atoms with E-state index in [1.165, 1.54) is 13.4 Å². The molecule has 0 radical (unpaired) electrons. The third kappa shape index (κ3) is 2.65. The highest BCUT2D eigenvalue weighted by atomic mass is 16.6. The Balaban J connectivity index is 2.13. The fraction of sp³-hybridized carbons (Fsp3) is 0.600. The molecule has 1 aliphatic rings. The molecule has 1 fully saturated rings. The zero-order valence-corrected chi connectivity index (χ0v) is 10.0. The molecule has 1 aliphatic heterocycles. The summed E-state index contributed by atoms with van der Waals surface area (Å²) in [6, 6.07) is 0. The summed E-state index contributed by atoms with van der Waals surface area (Å²) in [5, 5.41) is 17.2. The quantitative estimate of drug-likeness (QED) is 0.579. The summed E-state index contributed by atoms with van der Waals surface area (Å²) in [5.41, 5.74) is -0.217. The molecule has 1 aromatic heterocycles. The lowest BCUT2D eigenvalue weighted by Crippen LogP contribution is -2.18. The number of hydrogen-bond donors (Lipinski definition) is 2. The number of nitrogens with zero attached hydrogens (tertiary/aromatic N) is 3. The van der Waals surface area contributed by atoms with E-state index in [1.807, 2.05) is 0 Å². The van der Waals surface area contributed by atoms with Crippen LogP contribution in [-0.2, 0) is 0 Å². The van der Waals surface area contributed by atoms with E-state index in [2.05, 4.69) is 20.6 Å². The highest BCUT2D eigenvalue weighted by molar-refractivity contribution is 5.61. The van der Waals surface area contributed by atoms with Gasteiger partial charge in [-0.1, -0.05) is 0 Å². The molecule has 2 N–H and O–H groups in total. The number of methoxy groups -OCH3 is 1. The summed E-state index contributed by atoms with van der Waals surface area (Å²) in [6.07, 6.45) is 2.31. The van der Waals surface area contributed by atoms with Crippen LogP contribution in [0.4, 0.5) is 11.5 Å². The van der Waals surface area contributed by atoms with E-state index >= 15 is 0 Å². The SMILES string of the molecule is COc1ncnc(NCC2CCNC2)c1[N+](=O)[O-]. The van der Waals surface area contributed by atoms with Crippen molar-refractivity contribution < 1.29 is 9.66 Å². The van der Waals surface area contributed by atoms with Crippen LogP contribution in [0.3, 0.4) is 0 Å². The minimum atomic E-state index is -0.534. The second-order valence-corrected chi connectivity index (χ2v) is 4.08. The van der Waals surface area contributed by atoms with Gasteiger partial charge in [0.05, 0.1) is 12.0 Å². The van der Waals surface area contributed by atoms with Crippen molar-refractivity contribution >= 4 is 11.5 Å². The molecule has 8 nitrogen and oxygen atoms in total. The van der Waals surface area contributed by atoms with Gasteiger partial charge in [0.1, 0.15) is 6.33 Å². The van der Waals surface area contributed by atoms with Crippen molar-refractivity contribution in [2.45, 2.75) is 6.42 Å². The van der Waals surface area contributed by atoms with Gasteiger partial charge in [0, 0.05) is 6.54 Å². The lowest BCUT2D eigenvalue weighted by molar-refractivity contribution is -0.385. The number of aromatic nitrogens is 2. The number of rotatable bonds is 5. The first-order valence-corrected chi connectivity index (χ1v) is 5.70. The maximum absolute atomic E-state index is 11.0. The standard InChI is InChI=1S/C10H15N5O3/c1-18-10-8(15(16)17)9(13-6-14-10)12-5-7-2-3-11-4-7/h6-7,11H,2-5H2,1H3,(H,12,13,14). The van der Waals surface area contributed by atoms with E-state index in [0.717, 1.165) is 19.5 Å². The molecule has 1 atom stereocenters. The number of ether oxygens (including phenoxy) is 1. The number of nitrogens with one attached hydrogen (secondary N) is 2. The van der Waals surface area contributed by atoms with Crippen LogP contribution in [0.5, 0.6) is 5.88 Å². The van der Waals surface area contributed by atoms with Crippen LogP contribution in [0.1, 0.15) is 6.42 Å². The Hall–Kier alpha value is -1.96. The second-order valence-electron chi connectivity index (χ2n) is 4.08. The highest BCUT2D eigenvalue weighted by Gasteiger charge is 2.24. The maximum atomic E-state index is 11.0. The van der Waals surface area contributed by atoms with Crippen molar-refractivity contribution in [3.05, 3.63) is 16.4 Å². The minimum absolute atomic E-state index is 0.0259. The number of hydrogen-bond acceptors (Lipinski definition) is 7. The van der Waals surface area contributed by atoms with Gasteiger partial charge in [-0.05, 0) is 25.4 Å². The second kappa shape index (κ2) is 5.58. The molecule has 2 heterocycles. The van der Waals surface area contributed by atoms with Crippen molar-refractivity contribution in [3.8, 4) is 5.88 Å². The summed E-state index contributed by atoms with van der Waals surface area (Å²) in [5.74, 6) is 0.645. The van der Waals surface area contributed by atoms with Gasteiger partial charge in [-0.15, -0.1) is 0 Å². The third-order valence-electron chi connectivity index (χ3n) is 2.89. The predicted octanol–water partition coefficient (Wildman–Crippen LogP) is 0.415. The first-order valence-electron chi connectivity index (χ1n) is 5.70. The van der Waals surface area contributed by atoms with Gasteiger partial charge in [-0.2, -0.15) is 4.98 Å². The number of nitro groups is 1. The van der Waals surface area contributed by atoms with Gasteiger partial charge in [0.15, 0.2) is 0 Å². The molecule has 0 spiro atoms. The first-order chi connectivity index (χ1) is 8.72. The maximum Gasteiger partial charge on any atom is 0.372 e. The van der Waals surface area contributed by atoms with E-state index in [4.69, 9.17) is 4.74 Å². The monoisotopic (exact) mass is 253 g/mol. The van der Waals surface area contributed by atoms with Crippen LogP contribution < -0.4 is 15.4 Å². The lowest BCUT2D eigenvalue weighted by atomic mass is 10.1. The van der Waals surface area contributed by atoms with Crippen LogP contribution in [0.15, 0.2) is 6.33 Å². The molecule has 0 bridgehead atoms. The van der Waals surface area contributed by atoms with Gasteiger partial charge in [-0.3, -0.25) is 10.1 Å². The molecule has 2 rings (SSSR count). The molecule has 0 aliphatic carbocycles. The Bertz CT molecular complexity index is 434. The molecule has 0 saturated carbocycles. The van der Waals surface area contributed by atoms with Gasteiger partial charge < -0.3 is 15.4 Å². The van der Waals surface area contributed by atoms with E-state index < -0.39 is 4.92 Å². The molecule has 8 heteroatoms. The number of anilines is 1. The smallest absolute Gasteiger partial charge is 0.372 e. The Morgan fingerprint density at radius 1 is 1.67 bits per heavy atom. The molecule has 98 valence electrons. The largest absolute Gasteiger partial charge is 0.476 e. The fourth-order valence-corrected chi connectivity index (χ4v) is 1.94. The fourth-order valence-electron chi connectivity index (χ4n) is 1.94. The van der Waals surface area contributed by atoms with Crippen LogP contribution in [-0.4, -0.2) is 41.6 Å². The molecule has 0 aromatic carbocycles. The van der Waals surface area contributed by atoms with Crippen molar-refractivity contribution in [2.24, 2.45) is 5.92 Å². The van der Waals surface area contributed by atoms with Crippen molar-refractivity contribution in [1.82, 2.24) is 15.3 Å². The average molecular weight is 253 g/mol. The molecule has 0 amide bonds. The Morgan fingerprint density at radius 2 is 2.50 bits per heavy atom. The molecule has 18 heavy (non-hydrogen) atoms. The summed E-state index contributed by atoms with van der Waals surface area (Å²) in [4.78, 5) is 18.1. The predicted molar refractivity (Wildman–Crippen MR) is 64.7 cm³/mol. The summed E-state index contributed by atoms with van der Waals surface area (Å²) < 4.78 is 4.87. The highest BCUT2D eigenvalue weighted by Crippen LogP contribution is 2.30. The molecule has 1 aromatic rings. The van der Waals surface area contributed by atoms with Crippen molar-refractivity contribution in [2.75, 3.05) is 32.1 Å². The summed E-state index contributed by atoms with van der Waals surface area (Å²) in [7, 11) is 1.35. The topological polar surface area (TPSA) is 102 Å². The Labute approximate surface area is 104 Å². The normalized spacial score (nSPS) is 18.6. The lowest BCUT2D eigenvalue weighted by Gasteiger charge is -2.11. The van der Waals surface area contributed by atoms with E-state index in [-0.39, 0.29) is 17.4 Å². The van der Waals surface area contributed by atoms with Gasteiger partial charge in [0.25, 0.3) is 5.88 Å². The summed E-state index contributed by atoms with van der Waals surface area (Å²) in [6.45, 7) is 2.55. The van der Waals surface area contributed by atoms with E-state index in [1.54, 1.807) is 0 Å². The zero-order chi connectivity index (χ0) is 13.0. The van der Waals surface area contributed by atoms with Crippen LogP contribution >= 0.6 is 0 Å². The van der Waals surface area contributed by atoms with Crippen LogP contribution in [0.2, 0.25) is 0 Å². The van der Waals surface area contributed by atoms with E-state index in [0.29, 0.717) is 12.5 Å². The van der Waals surface area contributed by atoms with Gasteiger partial charge >= 0.3 is 5.69 Å². The minimum Gasteiger partial charge on any atom is -0.476 e. The van der Waals surface area contributed by atoms with Crippen LogP contribution in [0, 0.1) is 16.0 Å². The van der Waals surface area contributed by atoms with Crippen molar-refractivity contribution in [1.29, 1.82) is 0 Å². The summed E-state index contributed by atoms with van der Waals surface area (Å²) >= 11 is 0. The average Bonchev–Trinajstić information content (AvgIpc) is 2.88. The molecule has 1 unspecified atom stereocenters. The molecular weight excluding hydrogens is 238 g/mol. The third-order valence-corrected chi connectivity index (χ3v) is 2.89. The van der Waals surface area contributed by atoms with Crippen molar-refractivity contribution in [3.63, 3.8) is 0 Å². The van der Waals surface area contributed by atoms with Gasteiger partial charge in [0.2, 0.25) is 5.82 Å². The first kappa shape index (κ1) is 12.5.